The van der Waals surface area contributed by atoms with Crippen LogP contribution in [0.25, 0.3) is 11.0 Å². The molecule has 0 fully saturated rings. The first-order chi connectivity index (χ1) is 9.86. The molecule has 0 aliphatic carbocycles. The molecular weight excluding hydrogens is 286 g/mol. The second-order valence-electron chi connectivity index (χ2n) is 5.48. The van der Waals surface area contributed by atoms with E-state index in [0.717, 1.165) is 22.4 Å². The molecule has 0 aliphatic heterocycles. The van der Waals surface area contributed by atoms with Crippen LogP contribution in [0.1, 0.15) is 43.6 Å². The van der Waals surface area contributed by atoms with Crippen LogP contribution in [-0.4, -0.2) is 34.0 Å². The predicted octanol–water partition coefficient (Wildman–Crippen LogP) is 3.68. The molecule has 0 radical (unpaired) electrons. The number of hydrogen-bond acceptors (Lipinski definition) is 2. The maximum Gasteiger partial charge on any atom is 0.245 e. The van der Waals surface area contributed by atoms with Gasteiger partial charge in [0.15, 0.2) is 0 Å². The van der Waals surface area contributed by atoms with E-state index >= 15 is 0 Å². The number of benzene rings is 1. The zero-order valence-corrected chi connectivity index (χ0v) is 14.0. The number of aryl methyl sites for hydroxylation is 1. The van der Waals surface area contributed by atoms with Crippen molar-refractivity contribution < 1.29 is 4.79 Å². The van der Waals surface area contributed by atoms with Crippen LogP contribution in [0.15, 0.2) is 18.2 Å². The molecule has 21 heavy (non-hydrogen) atoms. The molecule has 0 bridgehead atoms. The molecule has 114 valence electrons. The van der Waals surface area contributed by atoms with Crippen molar-refractivity contribution in [2.75, 3.05) is 13.6 Å². The van der Waals surface area contributed by atoms with Gasteiger partial charge in [0.2, 0.25) is 5.91 Å². The van der Waals surface area contributed by atoms with E-state index in [1.54, 1.807) is 4.90 Å². The fourth-order valence-corrected chi connectivity index (χ4v) is 2.65. The van der Waals surface area contributed by atoms with E-state index in [-0.39, 0.29) is 17.3 Å². The number of nitrogens with zero attached hydrogens (tertiary/aromatic N) is 3. The third-order valence-corrected chi connectivity index (χ3v) is 4.02. The Balaban J connectivity index is 2.60. The van der Waals surface area contributed by atoms with Crippen LogP contribution in [-0.2, 0) is 4.79 Å². The Bertz CT molecular complexity index is 663. The first kappa shape index (κ1) is 15.8. The van der Waals surface area contributed by atoms with Gasteiger partial charge >= 0.3 is 0 Å². The predicted molar refractivity (Wildman–Crippen MR) is 86.8 cm³/mol. The standard InChI is InChI=1S/C16H22ClN3O/c1-6-19(5)16(21)12(4)20-14-8-7-10(2)9-13(14)18-15(20)11(3)17/h7-9,11-12H,6H2,1-5H3. The third kappa shape index (κ3) is 2.91. The van der Waals surface area contributed by atoms with Gasteiger partial charge in [-0.25, -0.2) is 4.98 Å². The van der Waals surface area contributed by atoms with Crippen LogP contribution in [0.4, 0.5) is 0 Å². The molecule has 5 heteroatoms. The van der Waals surface area contributed by atoms with E-state index < -0.39 is 0 Å². The van der Waals surface area contributed by atoms with E-state index in [4.69, 9.17) is 11.6 Å². The van der Waals surface area contributed by atoms with E-state index in [0.29, 0.717) is 6.54 Å². The summed E-state index contributed by atoms with van der Waals surface area (Å²) in [5.41, 5.74) is 2.98. The van der Waals surface area contributed by atoms with Gasteiger partial charge in [0, 0.05) is 13.6 Å². The largest absolute Gasteiger partial charge is 0.344 e. The third-order valence-electron chi connectivity index (χ3n) is 3.82. The van der Waals surface area contributed by atoms with Gasteiger partial charge < -0.3 is 9.47 Å². The molecule has 1 aromatic heterocycles. The van der Waals surface area contributed by atoms with Crippen molar-refractivity contribution in [3.8, 4) is 0 Å². The van der Waals surface area contributed by atoms with Gasteiger partial charge in [-0.2, -0.15) is 0 Å². The van der Waals surface area contributed by atoms with Crippen LogP contribution in [0.5, 0.6) is 0 Å². The first-order valence-corrected chi connectivity index (χ1v) is 7.68. The molecule has 1 amide bonds. The van der Waals surface area contributed by atoms with Crippen molar-refractivity contribution in [1.29, 1.82) is 0 Å². The monoisotopic (exact) mass is 307 g/mol. The summed E-state index contributed by atoms with van der Waals surface area (Å²) in [6.07, 6.45) is 0. The van der Waals surface area contributed by atoms with E-state index in [1.165, 1.54) is 0 Å². The smallest absolute Gasteiger partial charge is 0.245 e. The van der Waals surface area contributed by atoms with Gasteiger partial charge in [0.05, 0.1) is 16.4 Å². The van der Waals surface area contributed by atoms with Crippen molar-refractivity contribution in [3.05, 3.63) is 29.6 Å². The Morgan fingerprint density at radius 1 is 1.43 bits per heavy atom. The molecular formula is C16H22ClN3O. The molecule has 0 saturated heterocycles. The summed E-state index contributed by atoms with van der Waals surface area (Å²) in [6, 6.07) is 5.74. The minimum absolute atomic E-state index is 0.0657. The Kier molecular flexibility index (Phi) is 4.57. The minimum atomic E-state index is -0.321. The van der Waals surface area contributed by atoms with Crippen LogP contribution in [0.2, 0.25) is 0 Å². The number of halogens is 1. The van der Waals surface area contributed by atoms with Crippen LogP contribution in [0.3, 0.4) is 0 Å². The summed E-state index contributed by atoms with van der Waals surface area (Å²) in [5, 5.41) is -0.250. The Hall–Kier alpha value is -1.55. The molecule has 4 nitrogen and oxygen atoms in total. The lowest BCUT2D eigenvalue weighted by Gasteiger charge is -2.23. The summed E-state index contributed by atoms with van der Waals surface area (Å²) in [7, 11) is 1.81. The lowest BCUT2D eigenvalue weighted by Crippen LogP contribution is -2.33. The highest BCUT2D eigenvalue weighted by Gasteiger charge is 2.25. The Morgan fingerprint density at radius 2 is 2.10 bits per heavy atom. The molecule has 1 aromatic carbocycles. The number of hydrogen-bond donors (Lipinski definition) is 0. The van der Waals surface area contributed by atoms with Gasteiger partial charge in [0.25, 0.3) is 0 Å². The average molecular weight is 308 g/mol. The molecule has 2 unspecified atom stereocenters. The zero-order chi connectivity index (χ0) is 15.7. The van der Waals surface area contributed by atoms with Gasteiger partial charge in [-0.1, -0.05) is 6.07 Å². The number of likely N-dealkylation sites (N-methyl/N-ethyl adjacent to an activating group) is 1. The number of amides is 1. The Morgan fingerprint density at radius 3 is 2.67 bits per heavy atom. The fourth-order valence-electron chi connectivity index (χ4n) is 2.50. The number of alkyl halides is 1. The molecule has 0 aliphatic rings. The second-order valence-corrected chi connectivity index (χ2v) is 6.13. The number of rotatable bonds is 4. The molecule has 2 atom stereocenters. The zero-order valence-electron chi connectivity index (χ0n) is 13.2. The molecule has 0 N–H and O–H groups in total. The van der Waals surface area contributed by atoms with Crippen molar-refractivity contribution in [2.45, 2.75) is 39.1 Å². The summed E-state index contributed by atoms with van der Waals surface area (Å²) < 4.78 is 1.96. The lowest BCUT2D eigenvalue weighted by atomic mass is 10.2. The highest BCUT2D eigenvalue weighted by Crippen LogP contribution is 2.29. The summed E-state index contributed by atoms with van der Waals surface area (Å²) >= 11 is 6.27. The Labute approximate surface area is 130 Å². The van der Waals surface area contributed by atoms with Crippen LogP contribution in [0, 0.1) is 6.92 Å². The van der Waals surface area contributed by atoms with Gasteiger partial charge in [-0.15, -0.1) is 11.6 Å². The second kappa shape index (κ2) is 6.06. The molecule has 0 spiro atoms. The molecule has 2 rings (SSSR count). The number of carbonyl (C=O) groups excluding carboxylic acids is 1. The summed E-state index contributed by atoms with van der Waals surface area (Å²) in [5.74, 6) is 0.804. The van der Waals surface area contributed by atoms with Crippen molar-refractivity contribution >= 4 is 28.5 Å². The van der Waals surface area contributed by atoms with Gasteiger partial charge in [0.1, 0.15) is 11.9 Å². The van der Waals surface area contributed by atoms with Gasteiger partial charge in [-0.05, 0) is 45.4 Å². The average Bonchev–Trinajstić information content (AvgIpc) is 2.83. The number of fused-ring (bicyclic) bond motifs is 1. The SMILES string of the molecule is CCN(C)C(=O)C(C)n1c(C(C)Cl)nc2cc(C)ccc21. The maximum atomic E-state index is 12.5. The first-order valence-electron chi connectivity index (χ1n) is 7.24. The summed E-state index contributed by atoms with van der Waals surface area (Å²) in [6.45, 7) is 8.46. The highest BCUT2D eigenvalue weighted by atomic mass is 35.5. The maximum absolute atomic E-state index is 12.5. The molecule has 0 saturated carbocycles. The topological polar surface area (TPSA) is 38.1 Å². The van der Waals surface area contributed by atoms with Crippen molar-refractivity contribution in [1.82, 2.24) is 14.5 Å². The van der Waals surface area contributed by atoms with Crippen molar-refractivity contribution in [3.63, 3.8) is 0 Å². The van der Waals surface area contributed by atoms with Crippen LogP contribution < -0.4 is 0 Å². The van der Waals surface area contributed by atoms with E-state index in [1.807, 2.05) is 57.5 Å². The number of carbonyl (C=O) groups is 1. The molecule has 1 heterocycles. The summed E-state index contributed by atoms with van der Waals surface area (Å²) in [4.78, 5) is 18.8. The van der Waals surface area contributed by atoms with Crippen molar-refractivity contribution in [2.24, 2.45) is 0 Å². The quantitative estimate of drug-likeness (QED) is 0.808. The fraction of sp³-hybridized carbons (Fsp3) is 0.500. The normalized spacial score (nSPS) is 14.2. The molecule has 2 aromatic rings. The lowest BCUT2D eigenvalue weighted by molar-refractivity contribution is -0.132. The van der Waals surface area contributed by atoms with Gasteiger partial charge in [-0.3, -0.25) is 4.79 Å². The van der Waals surface area contributed by atoms with E-state index in [2.05, 4.69) is 4.98 Å². The van der Waals surface area contributed by atoms with E-state index in [9.17, 15) is 4.79 Å². The minimum Gasteiger partial charge on any atom is -0.344 e. The number of imidazole rings is 1. The van der Waals surface area contributed by atoms with Crippen LogP contribution >= 0.6 is 11.6 Å². The highest BCUT2D eigenvalue weighted by molar-refractivity contribution is 6.20. The number of aromatic nitrogens is 2.